The van der Waals surface area contributed by atoms with Crippen molar-refractivity contribution < 1.29 is 19.4 Å². The van der Waals surface area contributed by atoms with E-state index in [9.17, 15) is 9.59 Å². The first-order valence-corrected chi connectivity index (χ1v) is 4.95. The van der Waals surface area contributed by atoms with Gasteiger partial charge in [-0.05, 0) is 27.7 Å². The zero-order chi connectivity index (χ0) is 11.8. The topological polar surface area (TPSA) is 66.8 Å². The zero-order valence-electron chi connectivity index (χ0n) is 9.48. The number of aliphatic carboxylic acids is 1. The molecule has 1 N–H and O–H groups in total. The number of carbonyl (C=O) groups excluding carboxylic acids is 1. The number of rotatable bonds is 1. The molecule has 1 aliphatic heterocycles. The van der Waals surface area contributed by atoms with Crippen LogP contribution in [0, 0.1) is 5.92 Å². The molecule has 0 spiro atoms. The Bertz CT molecular complexity index is 282. The summed E-state index contributed by atoms with van der Waals surface area (Å²) in [5, 5.41) is 8.76. The second kappa shape index (κ2) is 3.72. The second-order valence-corrected chi connectivity index (χ2v) is 4.82. The molecule has 86 valence electrons. The molecule has 0 bridgehead atoms. The highest BCUT2D eigenvalue weighted by Gasteiger charge is 2.44. The molecule has 0 unspecified atom stereocenters. The first-order chi connectivity index (χ1) is 6.72. The molecule has 5 nitrogen and oxygen atoms in total. The third-order valence-electron chi connectivity index (χ3n) is 2.41. The van der Waals surface area contributed by atoms with Gasteiger partial charge in [-0.2, -0.15) is 0 Å². The molecule has 0 aromatic rings. The highest BCUT2D eigenvalue weighted by atomic mass is 16.6. The summed E-state index contributed by atoms with van der Waals surface area (Å²) in [5.41, 5.74) is -0.537. The van der Waals surface area contributed by atoms with Crippen molar-refractivity contribution in [2.45, 2.75) is 39.3 Å². The maximum absolute atomic E-state index is 11.5. The smallest absolute Gasteiger partial charge is 0.410 e. The molecule has 1 amide bonds. The molecule has 1 rings (SSSR count). The molecule has 1 heterocycles. The van der Waals surface area contributed by atoms with Crippen LogP contribution < -0.4 is 0 Å². The summed E-state index contributed by atoms with van der Waals surface area (Å²) in [5.74, 6) is -1.32. The fraction of sp³-hybridized carbons (Fsp3) is 0.800. The predicted octanol–water partition coefficient (Wildman–Crippen LogP) is 1.33. The van der Waals surface area contributed by atoms with Crippen LogP contribution in [0.3, 0.4) is 0 Å². The number of carboxylic acid groups (broad SMARTS) is 1. The Kier molecular flexibility index (Phi) is 2.93. The van der Waals surface area contributed by atoms with Crippen molar-refractivity contribution in [1.82, 2.24) is 4.90 Å². The first-order valence-electron chi connectivity index (χ1n) is 4.95. The minimum Gasteiger partial charge on any atom is -0.481 e. The Morgan fingerprint density at radius 2 is 1.93 bits per heavy atom. The van der Waals surface area contributed by atoms with E-state index < -0.39 is 23.6 Å². The summed E-state index contributed by atoms with van der Waals surface area (Å²) < 4.78 is 5.13. The van der Waals surface area contributed by atoms with E-state index in [2.05, 4.69) is 0 Å². The summed E-state index contributed by atoms with van der Waals surface area (Å²) in [6.45, 7) is 7.30. The number of carbonyl (C=O) groups is 2. The Hall–Kier alpha value is -1.26. The molecule has 1 fully saturated rings. The monoisotopic (exact) mass is 215 g/mol. The lowest BCUT2D eigenvalue weighted by molar-refractivity contribution is -0.150. The number of likely N-dealkylation sites (tertiary alicyclic amines) is 1. The van der Waals surface area contributed by atoms with Crippen LogP contribution >= 0.6 is 0 Å². The molecule has 0 aromatic carbocycles. The average molecular weight is 215 g/mol. The molecular weight excluding hydrogens is 198 g/mol. The Balaban J connectivity index is 2.49. The van der Waals surface area contributed by atoms with Crippen molar-refractivity contribution >= 4 is 12.1 Å². The predicted molar refractivity (Wildman–Crippen MR) is 53.5 cm³/mol. The number of amides is 1. The number of hydrogen-bond acceptors (Lipinski definition) is 3. The molecule has 0 radical (unpaired) electrons. The Morgan fingerprint density at radius 3 is 2.27 bits per heavy atom. The molecule has 1 saturated heterocycles. The van der Waals surface area contributed by atoms with E-state index in [0.29, 0.717) is 0 Å². The van der Waals surface area contributed by atoms with Gasteiger partial charge in [0.15, 0.2) is 0 Å². The molecule has 5 heteroatoms. The maximum Gasteiger partial charge on any atom is 0.410 e. The van der Waals surface area contributed by atoms with Crippen molar-refractivity contribution in [1.29, 1.82) is 0 Å². The summed E-state index contributed by atoms with van der Waals surface area (Å²) in [6.07, 6.45) is -0.438. The van der Waals surface area contributed by atoms with Gasteiger partial charge in [-0.1, -0.05) is 0 Å². The lowest BCUT2D eigenvalue weighted by Crippen LogP contribution is -2.60. The SMILES string of the molecule is C[C@@H]1[C@H](C(=O)O)CN1C(=O)OC(C)(C)C. The summed E-state index contributed by atoms with van der Waals surface area (Å²) >= 11 is 0. The van der Waals surface area contributed by atoms with Crippen LogP contribution in [0.1, 0.15) is 27.7 Å². The average Bonchev–Trinajstić information content (AvgIpc) is 1.97. The van der Waals surface area contributed by atoms with Crippen molar-refractivity contribution in [3.8, 4) is 0 Å². The Morgan fingerprint density at radius 1 is 1.40 bits per heavy atom. The third kappa shape index (κ3) is 2.61. The van der Waals surface area contributed by atoms with Crippen molar-refractivity contribution in [2.24, 2.45) is 5.92 Å². The third-order valence-corrected chi connectivity index (χ3v) is 2.41. The van der Waals surface area contributed by atoms with Crippen molar-refractivity contribution in [2.75, 3.05) is 6.54 Å². The lowest BCUT2D eigenvalue weighted by atomic mass is 9.91. The van der Waals surface area contributed by atoms with Crippen LogP contribution in [0.5, 0.6) is 0 Å². The first kappa shape index (κ1) is 11.8. The second-order valence-electron chi connectivity index (χ2n) is 4.82. The van der Waals surface area contributed by atoms with E-state index in [1.807, 2.05) is 0 Å². The summed E-state index contributed by atoms with van der Waals surface area (Å²) in [4.78, 5) is 23.6. The van der Waals surface area contributed by atoms with Crippen molar-refractivity contribution in [3.63, 3.8) is 0 Å². The fourth-order valence-corrected chi connectivity index (χ4v) is 1.46. The standard InChI is InChI=1S/C10H17NO4/c1-6-7(8(12)13)5-11(6)9(14)15-10(2,3)4/h6-7H,5H2,1-4H3,(H,12,13)/t6-,7-/m1/s1. The van der Waals surface area contributed by atoms with Gasteiger partial charge in [-0.15, -0.1) is 0 Å². The Labute approximate surface area is 89.0 Å². The molecular formula is C10H17NO4. The van der Waals surface area contributed by atoms with E-state index in [-0.39, 0.29) is 12.6 Å². The van der Waals surface area contributed by atoms with Gasteiger partial charge in [0.2, 0.25) is 0 Å². The van der Waals surface area contributed by atoms with E-state index in [1.165, 1.54) is 4.90 Å². The maximum atomic E-state index is 11.5. The van der Waals surface area contributed by atoms with Crippen LogP contribution in [0.4, 0.5) is 4.79 Å². The molecule has 0 saturated carbocycles. The van der Waals surface area contributed by atoms with Crippen LogP contribution in [0.2, 0.25) is 0 Å². The van der Waals surface area contributed by atoms with Crippen LogP contribution in [0.15, 0.2) is 0 Å². The van der Waals surface area contributed by atoms with Gasteiger partial charge in [0.1, 0.15) is 5.60 Å². The summed E-state index contributed by atoms with van der Waals surface area (Å²) in [7, 11) is 0. The van der Waals surface area contributed by atoms with Gasteiger partial charge in [-0.25, -0.2) is 4.79 Å². The van der Waals surface area contributed by atoms with Crippen LogP contribution in [0.25, 0.3) is 0 Å². The van der Waals surface area contributed by atoms with Gasteiger partial charge in [0.25, 0.3) is 0 Å². The normalized spacial score (nSPS) is 25.7. The molecule has 2 atom stereocenters. The largest absolute Gasteiger partial charge is 0.481 e. The van der Waals surface area contributed by atoms with Gasteiger partial charge in [0, 0.05) is 12.6 Å². The highest BCUT2D eigenvalue weighted by Crippen LogP contribution is 2.26. The number of carboxylic acids is 1. The summed E-state index contributed by atoms with van der Waals surface area (Å²) in [6, 6.07) is -0.280. The van der Waals surface area contributed by atoms with Gasteiger partial charge < -0.3 is 14.7 Å². The quantitative estimate of drug-likeness (QED) is 0.716. The molecule has 15 heavy (non-hydrogen) atoms. The number of hydrogen-bond donors (Lipinski definition) is 1. The van der Waals surface area contributed by atoms with Crippen LogP contribution in [-0.4, -0.2) is 40.3 Å². The minimum absolute atomic E-state index is 0.241. The van der Waals surface area contributed by atoms with E-state index >= 15 is 0 Å². The van der Waals surface area contributed by atoms with Gasteiger partial charge in [0.05, 0.1) is 5.92 Å². The van der Waals surface area contributed by atoms with E-state index in [4.69, 9.17) is 9.84 Å². The molecule has 0 aliphatic carbocycles. The number of nitrogens with zero attached hydrogens (tertiary/aromatic N) is 1. The lowest BCUT2D eigenvalue weighted by Gasteiger charge is -2.43. The zero-order valence-corrected chi connectivity index (χ0v) is 9.48. The molecule has 1 aliphatic rings. The highest BCUT2D eigenvalue weighted by molar-refractivity contribution is 5.77. The minimum atomic E-state index is -0.859. The van der Waals surface area contributed by atoms with Gasteiger partial charge in [-0.3, -0.25) is 4.79 Å². The molecule has 0 aromatic heterocycles. The fourth-order valence-electron chi connectivity index (χ4n) is 1.46. The van der Waals surface area contributed by atoms with Crippen molar-refractivity contribution in [3.05, 3.63) is 0 Å². The number of ether oxygens (including phenoxy) is 1. The van der Waals surface area contributed by atoms with Gasteiger partial charge >= 0.3 is 12.1 Å². The van der Waals surface area contributed by atoms with E-state index in [0.717, 1.165) is 0 Å². The van der Waals surface area contributed by atoms with Crippen LogP contribution in [-0.2, 0) is 9.53 Å². The van der Waals surface area contributed by atoms with E-state index in [1.54, 1.807) is 27.7 Å².